The molecule has 0 radical (unpaired) electrons. The number of carbonyl (C=O) groups excluding carboxylic acids is 1. The van der Waals surface area contributed by atoms with Gasteiger partial charge < -0.3 is 15.1 Å². The quantitative estimate of drug-likeness (QED) is 0.746. The Labute approximate surface area is 145 Å². The number of nitrogens with zero attached hydrogens (tertiary/aromatic N) is 3. The predicted octanol–water partition coefficient (Wildman–Crippen LogP) is 3.11. The van der Waals surface area contributed by atoms with Gasteiger partial charge in [0, 0.05) is 30.2 Å². The first-order valence-electron chi connectivity index (χ1n) is 7.95. The number of urea groups is 1. The van der Waals surface area contributed by atoms with Gasteiger partial charge in [0.25, 0.3) is 0 Å². The fourth-order valence-electron chi connectivity index (χ4n) is 2.45. The van der Waals surface area contributed by atoms with Crippen molar-refractivity contribution in [2.24, 2.45) is 0 Å². The maximum absolute atomic E-state index is 12.2. The fourth-order valence-corrected chi connectivity index (χ4v) is 2.45. The van der Waals surface area contributed by atoms with Crippen molar-refractivity contribution in [1.29, 1.82) is 0 Å². The molecule has 25 heavy (non-hydrogen) atoms. The summed E-state index contributed by atoms with van der Waals surface area (Å²) in [4.78, 5) is 16.2. The Hall–Kier alpha value is -3.22. The molecule has 128 valence electrons. The van der Waals surface area contributed by atoms with Gasteiger partial charge in [-0.15, -0.1) is 10.2 Å². The number of rotatable bonds is 5. The zero-order valence-corrected chi connectivity index (χ0v) is 14.1. The van der Waals surface area contributed by atoms with Gasteiger partial charge in [0.05, 0.1) is 0 Å². The highest BCUT2D eigenvalue weighted by Crippen LogP contribution is 2.23. The standard InChI is InChI=1S/C18H19N5O2/c1-12-3-4-15(17-23-21-11-25-17)9-16(12)22-18(24)20-8-6-14-5-7-19-10-13(14)2/h3-5,7,9-11H,6,8H2,1-2H3,(H2,20,22,24). The first-order chi connectivity index (χ1) is 12.1. The third-order valence-electron chi connectivity index (χ3n) is 3.91. The van der Waals surface area contributed by atoms with E-state index in [9.17, 15) is 4.79 Å². The van der Waals surface area contributed by atoms with Crippen LogP contribution in [0.5, 0.6) is 0 Å². The minimum Gasteiger partial charge on any atom is -0.423 e. The van der Waals surface area contributed by atoms with Crippen molar-refractivity contribution >= 4 is 11.7 Å². The largest absolute Gasteiger partial charge is 0.423 e. The first kappa shape index (κ1) is 16.6. The van der Waals surface area contributed by atoms with Crippen LogP contribution in [0.15, 0.2) is 47.5 Å². The van der Waals surface area contributed by atoms with E-state index in [1.165, 1.54) is 12.0 Å². The van der Waals surface area contributed by atoms with Gasteiger partial charge in [0.1, 0.15) is 0 Å². The maximum Gasteiger partial charge on any atom is 0.319 e. The summed E-state index contributed by atoms with van der Waals surface area (Å²) in [5.41, 5.74) is 4.69. The summed E-state index contributed by atoms with van der Waals surface area (Å²) in [6.07, 6.45) is 5.61. The summed E-state index contributed by atoms with van der Waals surface area (Å²) >= 11 is 0. The Morgan fingerprint density at radius 2 is 2.08 bits per heavy atom. The number of hydrogen-bond donors (Lipinski definition) is 2. The third kappa shape index (κ3) is 4.20. The number of nitrogens with one attached hydrogen (secondary N) is 2. The number of carbonyl (C=O) groups is 1. The molecule has 1 aromatic carbocycles. The number of pyridine rings is 1. The minimum atomic E-state index is -0.252. The van der Waals surface area contributed by atoms with Crippen molar-refractivity contribution in [3.8, 4) is 11.5 Å². The van der Waals surface area contributed by atoms with Gasteiger partial charge in [-0.25, -0.2) is 4.79 Å². The molecule has 3 rings (SSSR count). The Morgan fingerprint density at radius 3 is 2.84 bits per heavy atom. The second kappa shape index (κ2) is 7.57. The summed E-state index contributed by atoms with van der Waals surface area (Å²) in [5.74, 6) is 0.414. The smallest absolute Gasteiger partial charge is 0.319 e. The summed E-state index contributed by atoms with van der Waals surface area (Å²) < 4.78 is 5.19. The van der Waals surface area contributed by atoms with E-state index in [-0.39, 0.29) is 6.03 Å². The van der Waals surface area contributed by atoms with E-state index in [1.54, 1.807) is 6.20 Å². The Bertz CT molecular complexity index is 862. The molecule has 0 fully saturated rings. The van der Waals surface area contributed by atoms with Crippen molar-refractivity contribution < 1.29 is 9.21 Å². The van der Waals surface area contributed by atoms with Gasteiger partial charge in [-0.1, -0.05) is 6.07 Å². The molecule has 0 aliphatic rings. The molecule has 2 amide bonds. The van der Waals surface area contributed by atoms with E-state index < -0.39 is 0 Å². The molecule has 0 aliphatic carbocycles. The molecule has 0 bridgehead atoms. The summed E-state index contributed by atoms with van der Waals surface area (Å²) in [6, 6.07) is 7.30. The van der Waals surface area contributed by atoms with Crippen LogP contribution in [0.3, 0.4) is 0 Å². The first-order valence-corrected chi connectivity index (χ1v) is 7.95. The normalized spacial score (nSPS) is 10.5. The van der Waals surface area contributed by atoms with Crippen LogP contribution in [0.2, 0.25) is 0 Å². The molecule has 0 unspecified atom stereocenters. The van der Waals surface area contributed by atoms with Crippen LogP contribution in [0.25, 0.3) is 11.5 Å². The van der Waals surface area contributed by atoms with Gasteiger partial charge in [-0.05, 0) is 55.2 Å². The average Bonchev–Trinajstić information content (AvgIpc) is 3.13. The predicted molar refractivity (Wildman–Crippen MR) is 94.2 cm³/mol. The molecule has 2 heterocycles. The zero-order chi connectivity index (χ0) is 17.6. The van der Waals surface area contributed by atoms with Crippen molar-refractivity contribution in [3.63, 3.8) is 0 Å². The Kier molecular flexibility index (Phi) is 5.03. The number of aromatic nitrogens is 3. The third-order valence-corrected chi connectivity index (χ3v) is 3.91. The van der Waals surface area contributed by atoms with Crippen LogP contribution in [0.4, 0.5) is 10.5 Å². The fraction of sp³-hybridized carbons (Fsp3) is 0.222. The van der Waals surface area contributed by atoms with Gasteiger partial charge in [0.15, 0.2) is 0 Å². The zero-order valence-electron chi connectivity index (χ0n) is 14.1. The lowest BCUT2D eigenvalue weighted by Gasteiger charge is -2.11. The molecular weight excluding hydrogens is 318 g/mol. The monoisotopic (exact) mass is 337 g/mol. The lowest BCUT2D eigenvalue weighted by molar-refractivity contribution is 0.252. The van der Waals surface area contributed by atoms with Crippen molar-refractivity contribution in [1.82, 2.24) is 20.5 Å². The molecule has 3 aromatic rings. The van der Waals surface area contributed by atoms with E-state index >= 15 is 0 Å². The molecule has 0 spiro atoms. The molecule has 7 nitrogen and oxygen atoms in total. The molecule has 0 saturated carbocycles. The molecule has 0 atom stereocenters. The molecule has 0 aliphatic heterocycles. The SMILES string of the molecule is Cc1cnccc1CCNC(=O)Nc1cc(-c2nnco2)ccc1C. The van der Waals surface area contributed by atoms with Crippen molar-refractivity contribution in [2.45, 2.75) is 20.3 Å². The van der Waals surface area contributed by atoms with E-state index in [0.717, 1.165) is 23.1 Å². The van der Waals surface area contributed by atoms with E-state index in [4.69, 9.17) is 4.42 Å². The number of amides is 2. The minimum absolute atomic E-state index is 0.252. The van der Waals surface area contributed by atoms with Crippen molar-refractivity contribution in [3.05, 3.63) is 59.7 Å². The summed E-state index contributed by atoms with van der Waals surface area (Å²) in [7, 11) is 0. The van der Waals surface area contributed by atoms with E-state index in [2.05, 4.69) is 25.8 Å². The average molecular weight is 337 g/mol. The molecule has 2 aromatic heterocycles. The van der Waals surface area contributed by atoms with Crippen molar-refractivity contribution in [2.75, 3.05) is 11.9 Å². The number of aryl methyl sites for hydroxylation is 2. The summed E-state index contributed by atoms with van der Waals surface area (Å²) in [6.45, 7) is 4.47. The van der Waals surface area contributed by atoms with E-state index in [1.807, 2.05) is 44.3 Å². The highest BCUT2D eigenvalue weighted by Gasteiger charge is 2.09. The van der Waals surface area contributed by atoms with Gasteiger partial charge in [-0.3, -0.25) is 4.98 Å². The topological polar surface area (TPSA) is 92.9 Å². The van der Waals surface area contributed by atoms with Crippen LogP contribution < -0.4 is 10.6 Å². The van der Waals surface area contributed by atoms with Gasteiger partial charge in [0.2, 0.25) is 12.3 Å². The molecule has 0 saturated heterocycles. The van der Waals surface area contributed by atoms with Crippen LogP contribution >= 0.6 is 0 Å². The highest BCUT2D eigenvalue weighted by atomic mass is 16.4. The Balaban J connectivity index is 1.59. The highest BCUT2D eigenvalue weighted by molar-refractivity contribution is 5.90. The van der Waals surface area contributed by atoms with E-state index in [0.29, 0.717) is 18.1 Å². The molecule has 7 heteroatoms. The summed E-state index contributed by atoms with van der Waals surface area (Å²) in [5, 5.41) is 13.3. The molecular formula is C18H19N5O2. The second-order valence-corrected chi connectivity index (χ2v) is 5.71. The van der Waals surface area contributed by atoms with Gasteiger partial charge >= 0.3 is 6.03 Å². The van der Waals surface area contributed by atoms with Crippen LogP contribution in [0, 0.1) is 13.8 Å². The van der Waals surface area contributed by atoms with Crippen LogP contribution in [-0.2, 0) is 6.42 Å². The lowest BCUT2D eigenvalue weighted by atomic mass is 10.1. The second-order valence-electron chi connectivity index (χ2n) is 5.71. The maximum atomic E-state index is 12.2. The number of hydrogen-bond acceptors (Lipinski definition) is 5. The van der Waals surface area contributed by atoms with Crippen LogP contribution in [0.1, 0.15) is 16.7 Å². The van der Waals surface area contributed by atoms with Crippen LogP contribution in [-0.4, -0.2) is 27.8 Å². The number of anilines is 1. The Morgan fingerprint density at radius 1 is 1.20 bits per heavy atom. The number of benzene rings is 1. The van der Waals surface area contributed by atoms with Gasteiger partial charge in [-0.2, -0.15) is 0 Å². The molecule has 2 N–H and O–H groups in total. The lowest BCUT2D eigenvalue weighted by Crippen LogP contribution is -2.30.